The molecule has 52 heavy (non-hydrogen) atoms. The van der Waals surface area contributed by atoms with Crippen LogP contribution in [0.3, 0.4) is 0 Å². The van der Waals surface area contributed by atoms with Crippen LogP contribution in [0.25, 0.3) is 88.0 Å². The lowest BCUT2D eigenvalue weighted by Crippen LogP contribution is -2.19. The van der Waals surface area contributed by atoms with E-state index in [2.05, 4.69) is 194 Å². The number of anilines is 4. The highest BCUT2D eigenvalue weighted by atomic mass is 15.1. The molecular formula is C50H34N2. The Morgan fingerprint density at radius 3 is 1.44 bits per heavy atom. The fourth-order valence-corrected chi connectivity index (χ4v) is 8.85. The molecule has 2 aliphatic rings. The first-order valence-corrected chi connectivity index (χ1v) is 18.0. The molecule has 2 heteroatoms. The lowest BCUT2D eigenvalue weighted by Gasteiger charge is -2.36. The van der Waals surface area contributed by atoms with Gasteiger partial charge < -0.3 is 9.80 Å². The van der Waals surface area contributed by atoms with Crippen LogP contribution in [0, 0.1) is 0 Å². The predicted molar refractivity (Wildman–Crippen MR) is 222 cm³/mol. The zero-order valence-corrected chi connectivity index (χ0v) is 29.1. The van der Waals surface area contributed by atoms with Gasteiger partial charge in [-0.15, -0.1) is 0 Å². The molecule has 2 nitrogen and oxygen atoms in total. The molecule has 9 aromatic carbocycles. The third-order valence-electron chi connectivity index (χ3n) is 11.5. The summed E-state index contributed by atoms with van der Waals surface area (Å²) in [6.07, 6.45) is 0. The molecule has 0 saturated heterocycles. The van der Waals surface area contributed by atoms with Crippen molar-refractivity contribution < 1.29 is 0 Å². The minimum Gasteiger partial charge on any atom is -0.344 e. The van der Waals surface area contributed by atoms with Gasteiger partial charge in [-0.1, -0.05) is 140 Å². The molecule has 0 unspecified atom stereocenters. The summed E-state index contributed by atoms with van der Waals surface area (Å²) in [5, 5.41) is 7.74. The number of fused-ring (bicyclic) bond motifs is 6. The van der Waals surface area contributed by atoms with Crippen LogP contribution in [0.5, 0.6) is 0 Å². The van der Waals surface area contributed by atoms with Gasteiger partial charge in [0.25, 0.3) is 0 Å². The maximum absolute atomic E-state index is 2.39. The van der Waals surface area contributed by atoms with Gasteiger partial charge >= 0.3 is 0 Å². The number of hydrogen-bond donors (Lipinski definition) is 0. The van der Waals surface area contributed by atoms with Gasteiger partial charge in [0.1, 0.15) is 0 Å². The van der Waals surface area contributed by atoms with Crippen LogP contribution >= 0.6 is 0 Å². The summed E-state index contributed by atoms with van der Waals surface area (Å²) >= 11 is 0. The molecular weight excluding hydrogens is 629 g/mol. The van der Waals surface area contributed by atoms with Crippen LogP contribution < -0.4 is 9.80 Å². The molecule has 0 amide bonds. The Morgan fingerprint density at radius 2 is 0.769 bits per heavy atom. The first-order chi connectivity index (χ1) is 25.6. The van der Waals surface area contributed by atoms with Crippen LogP contribution in [0.2, 0.25) is 0 Å². The largest absolute Gasteiger partial charge is 0.344 e. The normalized spacial score (nSPS) is 12.7. The van der Waals surface area contributed by atoms with E-state index in [9.17, 15) is 0 Å². The van der Waals surface area contributed by atoms with Gasteiger partial charge in [-0.3, -0.25) is 0 Å². The summed E-state index contributed by atoms with van der Waals surface area (Å²) < 4.78 is 0. The van der Waals surface area contributed by atoms with E-state index >= 15 is 0 Å². The Morgan fingerprint density at radius 1 is 0.288 bits per heavy atom. The van der Waals surface area contributed by atoms with Crippen molar-refractivity contribution in [2.45, 2.75) is 0 Å². The fourth-order valence-electron chi connectivity index (χ4n) is 8.85. The Kier molecular flexibility index (Phi) is 6.12. The Balaban J connectivity index is 0.987. The van der Waals surface area contributed by atoms with Crippen molar-refractivity contribution in [1.29, 1.82) is 0 Å². The van der Waals surface area contributed by atoms with Gasteiger partial charge in [0.2, 0.25) is 0 Å². The van der Waals surface area contributed by atoms with E-state index in [-0.39, 0.29) is 0 Å². The maximum Gasteiger partial charge on any atom is 0.0496 e. The highest BCUT2D eigenvalue weighted by Gasteiger charge is 2.30. The average Bonchev–Trinajstić information content (AvgIpc) is 3.21. The Hall–Kier alpha value is -6.64. The molecule has 0 aromatic heterocycles. The van der Waals surface area contributed by atoms with Gasteiger partial charge in [-0.05, 0) is 96.4 Å². The fraction of sp³-hybridized carbons (Fsp3) is 0.0400. The van der Waals surface area contributed by atoms with E-state index in [4.69, 9.17) is 0 Å². The van der Waals surface area contributed by atoms with Crippen molar-refractivity contribution >= 4 is 55.1 Å². The minimum absolute atomic E-state index is 1.22. The van der Waals surface area contributed by atoms with Gasteiger partial charge in [-0.2, -0.15) is 0 Å². The molecule has 11 rings (SSSR count). The van der Waals surface area contributed by atoms with Crippen molar-refractivity contribution in [3.05, 3.63) is 170 Å². The number of benzene rings is 9. The van der Waals surface area contributed by atoms with E-state index in [1.165, 1.54) is 111 Å². The topological polar surface area (TPSA) is 6.48 Å². The molecule has 0 aliphatic carbocycles. The summed E-state index contributed by atoms with van der Waals surface area (Å²) in [5.74, 6) is 0. The summed E-state index contributed by atoms with van der Waals surface area (Å²) in [7, 11) is 4.44. The van der Waals surface area contributed by atoms with E-state index < -0.39 is 0 Å². The van der Waals surface area contributed by atoms with E-state index in [0.29, 0.717) is 0 Å². The molecule has 0 bridgehead atoms. The second-order valence-corrected chi connectivity index (χ2v) is 14.3. The van der Waals surface area contributed by atoms with Crippen molar-refractivity contribution in [1.82, 2.24) is 0 Å². The molecule has 2 heterocycles. The van der Waals surface area contributed by atoms with Crippen LogP contribution in [0.4, 0.5) is 22.7 Å². The lowest BCUT2D eigenvalue weighted by molar-refractivity contribution is 1.19. The highest BCUT2D eigenvalue weighted by Crippen LogP contribution is 2.56. The Labute approximate surface area is 303 Å². The molecule has 0 spiro atoms. The van der Waals surface area contributed by atoms with Crippen molar-refractivity contribution in [2.75, 3.05) is 23.9 Å². The molecule has 9 aromatic rings. The van der Waals surface area contributed by atoms with Crippen molar-refractivity contribution in [2.24, 2.45) is 0 Å². The van der Waals surface area contributed by atoms with E-state index in [1.807, 2.05) is 0 Å². The van der Waals surface area contributed by atoms with Gasteiger partial charge in [0.05, 0.1) is 0 Å². The van der Waals surface area contributed by atoms with Crippen LogP contribution in [-0.2, 0) is 0 Å². The summed E-state index contributed by atoms with van der Waals surface area (Å²) in [5.41, 5.74) is 17.5. The zero-order chi connectivity index (χ0) is 34.5. The van der Waals surface area contributed by atoms with Crippen LogP contribution in [0.1, 0.15) is 0 Å². The predicted octanol–water partition coefficient (Wildman–Crippen LogP) is 13.6. The Bertz CT molecular complexity index is 2930. The first kappa shape index (κ1) is 29.1. The monoisotopic (exact) mass is 662 g/mol. The number of nitrogens with zero attached hydrogens (tertiary/aromatic N) is 2. The number of rotatable bonds is 3. The van der Waals surface area contributed by atoms with E-state index in [1.54, 1.807) is 0 Å². The third-order valence-corrected chi connectivity index (χ3v) is 11.5. The first-order valence-electron chi connectivity index (χ1n) is 18.0. The smallest absolute Gasteiger partial charge is 0.0496 e. The molecule has 0 fully saturated rings. The molecule has 0 radical (unpaired) electrons. The third kappa shape index (κ3) is 4.18. The molecule has 0 N–H and O–H groups in total. The summed E-state index contributed by atoms with van der Waals surface area (Å²) in [4.78, 5) is 4.78. The highest BCUT2D eigenvalue weighted by molar-refractivity contribution is 6.23. The van der Waals surface area contributed by atoms with Gasteiger partial charge in [0.15, 0.2) is 0 Å². The molecule has 2 aliphatic heterocycles. The lowest BCUT2D eigenvalue weighted by atomic mass is 9.83. The second-order valence-electron chi connectivity index (χ2n) is 14.3. The quantitative estimate of drug-likeness (QED) is 0.186. The average molecular weight is 663 g/mol. The maximum atomic E-state index is 2.39. The second kappa shape index (κ2) is 10.9. The van der Waals surface area contributed by atoms with Gasteiger partial charge in [0, 0.05) is 58.7 Å². The van der Waals surface area contributed by atoms with Crippen molar-refractivity contribution in [3.63, 3.8) is 0 Å². The van der Waals surface area contributed by atoms with Crippen LogP contribution in [0.15, 0.2) is 170 Å². The standard InChI is InChI=1S/C50H34N2/c1-51-45-26-27-46-50-44(42-23-21-38(30-48(42)52(46)2)40-13-7-11-34-9-5-6-12-39(34)40)25-24-43(49(45)50)41-22-20-37(29-47(41)51)33-16-14-32(15-17-33)36-19-18-31-8-3-4-10-35(31)28-36/h3-30H,1-2H3. The van der Waals surface area contributed by atoms with Crippen molar-refractivity contribution in [3.8, 4) is 55.6 Å². The summed E-state index contributed by atoms with van der Waals surface area (Å²) in [6.45, 7) is 0. The zero-order valence-electron chi connectivity index (χ0n) is 29.1. The molecule has 0 saturated carbocycles. The molecule has 0 atom stereocenters. The SMILES string of the molecule is CN1c2cc(-c3ccc(-c4ccc5ccccc5c4)cc3)ccc2-c2ccc3c4c(ccc1c24)N(C)c1cc(-c2cccc4ccccc24)ccc1-3. The summed E-state index contributed by atoms with van der Waals surface area (Å²) in [6, 6.07) is 62.8. The number of hydrogen-bond acceptors (Lipinski definition) is 2. The minimum atomic E-state index is 1.22. The van der Waals surface area contributed by atoms with Crippen LogP contribution in [-0.4, -0.2) is 14.1 Å². The molecule has 244 valence electrons. The van der Waals surface area contributed by atoms with E-state index in [0.717, 1.165) is 0 Å². The van der Waals surface area contributed by atoms with Gasteiger partial charge in [-0.25, -0.2) is 0 Å².